The van der Waals surface area contributed by atoms with Crippen molar-refractivity contribution in [3.8, 4) is 0 Å². The van der Waals surface area contributed by atoms with E-state index in [0.29, 0.717) is 29.1 Å². The van der Waals surface area contributed by atoms with Gasteiger partial charge in [-0.2, -0.15) is 0 Å². The zero-order chi connectivity index (χ0) is 18.8. The minimum absolute atomic E-state index is 0.125. The third-order valence-electron chi connectivity index (χ3n) is 5.46. The van der Waals surface area contributed by atoms with E-state index in [1.54, 1.807) is 17.6 Å². The van der Waals surface area contributed by atoms with Gasteiger partial charge in [0, 0.05) is 16.7 Å². The molecule has 1 aromatic heterocycles. The van der Waals surface area contributed by atoms with Gasteiger partial charge in [0.05, 0.1) is 23.5 Å². The fourth-order valence-corrected chi connectivity index (χ4v) is 3.88. The van der Waals surface area contributed by atoms with Crippen LogP contribution < -0.4 is 5.56 Å². The number of ether oxygens (including phenoxy) is 1. The van der Waals surface area contributed by atoms with E-state index >= 15 is 0 Å². The summed E-state index contributed by atoms with van der Waals surface area (Å²) in [5, 5.41) is 10.9. The highest BCUT2D eigenvalue weighted by molar-refractivity contribution is 6.15. The number of cyclic esters (lactones) is 1. The molecule has 1 aromatic carbocycles. The van der Waals surface area contributed by atoms with Crippen LogP contribution in [0.1, 0.15) is 35.7 Å². The zero-order valence-corrected chi connectivity index (χ0v) is 14.7. The van der Waals surface area contributed by atoms with Crippen molar-refractivity contribution in [3.05, 3.63) is 74.4 Å². The van der Waals surface area contributed by atoms with Crippen molar-refractivity contribution in [2.24, 2.45) is 4.99 Å². The van der Waals surface area contributed by atoms with Gasteiger partial charge in [0.15, 0.2) is 5.60 Å². The number of rotatable bonds is 1. The summed E-state index contributed by atoms with van der Waals surface area (Å²) in [5.41, 5.74) is 5.60. The average Bonchev–Trinajstić information content (AvgIpc) is 2.91. The van der Waals surface area contributed by atoms with Crippen LogP contribution in [0.25, 0.3) is 6.08 Å². The van der Waals surface area contributed by atoms with Gasteiger partial charge < -0.3 is 14.4 Å². The van der Waals surface area contributed by atoms with E-state index in [-0.39, 0.29) is 18.6 Å². The van der Waals surface area contributed by atoms with Crippen molar-refractivity contribution in [3.63, 3.8) is 0 Å². The van der Waals surface area contributed by atoms with Crippen LogP contribution in [0.3, 0.4) is 0 Å². The summed E-state index contributed by atoms with van der Waals surface area (Å²) in [4.78, 5) is 30.0. The number of aliphatic imine (C=N–C) groups is 1. The Morgan fingerprint density at radius 1 is 1.33 bits per heavy atom. The lowest BCUT2D eigenvalue weighted by Crippen LogP contribution is -2.44. The number of pyridine rings is 1. The third kappa shape index (κ3) is 2.08. The van der Waals surface area contributed by atoms with Crippen molar-refractivity contribution >= 4 is 23.4 Å². The Hall–Kier alpha value is -3.21. The van der Waals surface area contributed by atoms with Crippen LogP contribution in [-0.4, -0.2) is 21.4 Å². The molecule has 0 saturated carbocycles. The number of para-hydroxylation sites is 1. The summed E-state index contributed by atoms with van der Waals surface area (Å²) >= 11 is 0. The first-order chi connectivity index (χ1) is 13.0. The average molecular weight is 360 g/mol. The van der Waals surface area contributed by atoms with Gasteiger partial charge in [0.1, 0.15) is 12.3 Å². The van der Waals surface area contributed by atoms with Crippen molar-refractivity contribution in [2.45, 2.75) is 32.1 Å². The highest BCUT2D eigenvalue weighted by atomic mass is 16.6. The van der Waals surface area contributed by atoms with Gasteiger partial charge in [0.25, 0.3) is 5.56 Å². The third-order valence-corrected chi connectivity index (χ3v) is 5.46. The Morgan fingerprint density at radius 3 is 2.96 bits per heavy atom. The molecule has 6 nitrogen and oxygen atoms in total. The van der Waals surface area contributed by atoms with Crippen molar-refractivity contribution in [1.82, 2.24) is 4.57 Å². The van der Waals surface area contributed by atoms with Gasteiger partial charge in [-0.1, -0.05) is 25.1 Å². The Kier molecular flexibility index (Phi) is 3.20. The Labute approximate surface area is 154 Å². The molecular weight excluding hydrogens is 344 g/mol. The lowest BCUT2D eigenvalue weighted by Gasteiger charge is -2.31. The summed E-state index contributed by atoms with van der Waals surface area (Å²) in [6.45, 7) is 1.91. The largest absolute Gasteiger partial charge is 0.458 e. The number of esters is 1. The predicted octanol–water partition coefficient (Wildman–Crippen LogP) is 2.19. The molecule has 0 saturated heterocycles. The second-order valence-electron chi connectivity index (χ2n) is 6.89. The second-order valence-corrected chi connectivity index (χ2v) is 6.89. The first-order valence-corrected chi connectivity index (χ1v) is 8.84. The number of benzene rings is 1. The fourth-order valence-electron chi connectivity index (χ4n) is 3.88. The van der Waals surface area contributed by atoms with Gasteiger partial charge in [-0.15, -0.1) is 5.73 Å². The number of carbonyl (C=O) groups excluding carboxylic acids is 1. The topological polar surface area (TPSA) is 80.9 Å². The van der Waals surface area contributed by atoms with E-state index < -0.39 is 11.6 Å². The highest BCUT2D eigenvalue weighted by Gasteiger charge is 2.45. The normalized spacial score (nSPS) is 21.9. The van der Waals surface area contributed by atoms with E-state index in [1.165, 1.54) is 0 Å². The minimum atomic E-state index is -1.81. The van der Waals surface area contributed by atoms with Crippen molar-refractivity contribution in [1.29, 1.82) is 0 Å². The number of aromatic nitrogens is 1. The van der Waals surface area contributed by atoms with Crippen LogP contribution in [0.4, 0.5) is 5.69 Å². The number of nitrogens with zero attached hydrogens (tertiary/aromatic N) is 2. The lowest BCUT2D eigenvalue weighted by atomic mass is 9.86. The first-order valence-electron chi connectivity index (χ1n) is 8.84. The smallest absolute Gasteiger partial charge is 0.343 e. The quantitative estimate of drug-likeness (QED) is 0.624. The van der Waals surface area contributed by atoms with Crippen LogP contribution in [0.5, 0.6) is 0 Å². The second kappa shape index (κ2) is 5.39. The monoisotopic (exact) mass is 360 g/mol. The van der Waals surface area contributed by atoms with Crippen molar-refractivity contribution in [2.75, 3.05) is 0 Å². The molecule has 0 fully saturated rings. The predicted molar refractivity (Wildman–Crippen MR) is 98.8 cm³/mol. The van der Waals surface area contributed by atoms with Crippen LogP contribution in [0.2, 0.25) is 0 Å². The summed E-state index contributed by atoms with van der Waals surface area (Å²) in [6, 6.07) is 9.41. The molecule has 3 aliphatic rings. The molecule has 4 heterocycles. The molecule has 0 aliphatic carbocycles. The number of fused-ring (bicyclic) bond motifs is 5. The van der Waals surface area contributed by atoms with Gasteiger partial charge in [-0.05, 0) is 24.6 Å². The molecule has 3 aliphatic heterocycles. The van der Waals surface area contributed by atoms with Crippen molar-refractivity contribution < 1.29 is 14.6 Å². The maximum Gasteiger partial charge on any atom is 0.343 e. The number of carbonyl (C=O) groups is 1. The molecule has 0 radical (unpaired) electrons. The van der Waals surface area contributed by atoms with Gasteiger partial charge in [0.2, 0.25) is 0 Å². The molecule has 1 N–H and O–H groups in total. The molecule has 6 heteroatoms. The summed E-state index contributed by atoms with van der Waals surface area (Å²) in [7, 11) is 0. The maximum absolute atomic E-state index is 13.0. The van der Waals surface area contributed by atoms with Gasteiger partial charge in [-0.25, -0.2) is 9.79 Å². The molecule has 0 unspecified atom stereocenters. The molecule has 1 atom stereocenters. The molecule has 134 valence electrons. The Bertz CT molecular complexity index is 1180. The minimum Gasteiger partial charge on any atom is -0.458 e. The maximum atomic E-state index is 13.0. The van der Waals surface area contributed by atoms with Crippen LogP contribution >= 0.6 is 0 Å². The first kappa shape index (κ1) is 16.0. The number of allylic oxidation sites excluding steroid dienone is 1. The number of hydrogen-bond acceptors (Lipinski definition) is 5. The lowest BCUT2D eigenvalue weighted by molar-refractivity contribution is -0.172. The summed E-state index contributed by atoms with van der Waals surface area (Å²) in [6.07, 6.45) is 1.99. The highest BCUT2D eigenvalue weighted by Crippen LogP contribution is 2.36. The van der Waals surface area contributed by atoms with E-state index in [2.05, 4.69) is 5.73 Å². The van der Waals surface area contributed by atoms with E-state index in [0.717, 1.165) is 16.8 Å². The van der Waals surface area contributed by atoms with Crippen LogP contribution in [-0.2, 0) is 28.3 Å². The number of aliphatic hydroxyl groups is 1. The van der Waals surface area contributed by atoms with E-state index in [4.69, 9.17) is 9.73 Å². The molecule has 0 bridgehead atoms. The fraction of sp³-hybridized carbons (Fsp3) is 0.238. The zero-order valence-electron chi connectivity index (χ0n) is 14.7. The van der Waals surface area contributed by atoms with E-state index in [9.17, 15) is 14.7 Å². The summed E-state index contributed by atoms with van der Waals surface area (Å²) < 4.78 is 6.68. The Morgan fingerprint density at radius 2 is 2.15 bits per heavy atom. The molecular formula is C21H16N2O4. The van der Waals surface area contributed by atoms with Gasteiger partial charge >= 0.3 is 5.97 Å². The molecule has 2 aromatic rings. The van der Waals surface area contributed by atoms with Gasteiger partial charge in [-0.3, -0.25) is 4.79 Å². The van der Waals surface area contributed by atoms with Crippen LogP contribution in [0.15, 0.2) is 51.4 Å². The molecule has 0 spiro atoms. The van der Waals surface area contributed by atoms with E-state index in [1.807, 2.05) is 30.3 Å². The SMILES string of the molecule is CC[C@@]1(O)C(=O)OCc2c1cc1n(c2=O)CC2=C=Cc3ccccc3N=C21. The molecule has 5 rings (SSSR count). The number of hydrogen-bond donors (Lipinski definition) is 1. The summed E-state index contributed by atoms with van der Waals surface area (Å²) in [5.74, 6) is -0.719. The standard InChI is InChI=1S/C21H16N2O4/c1-2-21(26)15-9-17-18-13(8-7-12-5-3-4-6-16(12)22-18)10-23(17)19(24)14(15)11-27-20(21)25/h3-7,9,26H,2,10-11H2,1H3/t21-/m0/s1. The Balaban J connectivity index is 1.80. The van der Waals surface area contributed by atoms with Crippen LogP contribution in [0, 0.1) is 0 Å². The molecule has 0 amide bonds. The molecule has 27 heavy (non-hydrogen) atoms.